The minimum absolute atomic E-state index is 0.0448. The first-order valence-electron chi connectivity index (χ1n) is 31.6. The van der Waals surface area contributed by atoms with Crippen LogP contribution in [0.1, 0.15) is 122 Å². The van der Waals surface area contributed by atoms with Gasteiger partial charge in [0.15, 0.2) is 0 Å². The van der Waals surface area contributed by atoms with E-state index < -0.39 is 0 Å². The van der Waals surface area contributed by atoms with Crippen LogP contribution in [0, 0.1) is 27.7 Å². The molecule has 0 amide bonds. The Hall–Kier alpha value is -9.36. The van der Waals surface area contributed by atoms with E-state index in [4.69, 9.17) is 0 Å². The molecule has 0 nitrogen and oxygen atoms in total. The van der Waals surface area contributed by atoms with Crippen molar-refractivity contribution in [2.24, 2.45) is 0 Å². The van der Waals surface area contributed by atoms with Crippen molar-refractivity contribution in [3.05, 3.63) is 334 Å². The molecular weight excluding hydrogens is 1060 g/mol. The van der Waals surface area contributed by atoms with Gasteiger partial charge in [0.2, 0.25) is 0 Å². The number of aryl methyl sites for hydroxylation is 4. The van der Waals surface area contributed by atoms with Crippen molar-refractivity contribution in [1.29, 1.82) is 0 Å². The van der Waals surface area contributed by atoms with Gasteiger partial charge in [0.25, 0.3) is 0 Å². The van der Waals surface area contributed by atoms with Crippen molar-refractivity contribution in [2.45, 2.75) is 105 Å². The molecule has 16 rings (SSSR count). The highest BCUT2D eigenvalue weighted by molar-refractivity contribution is 5.93. The number of rotatable bonds is 4. The summed E-state index contributed by atoms with van der Waals surface area (Å²) in [6.45, 7) is 27.5. The van der Waals surface area contributed by atoms with Gasteiger partial charge in [-0.3, -0.25) is 0 Å². The van der Waals surface area contributed by atoms with E-state index in [1.807, 2.05) is 0 Å². The highest BCUT2D eigenvalue weighted by Gasteiger charge is 2.41. The van der Waals surface area contributed by atoms with Crippen molar-refractivity contribution < 1.29 is 0 Å². The smallest absolute Gasteiger partial charge is 0.0165 e. The van der Waals surface area contributed by atoms with Crippen LogP contribution in [0.2, 0.25) is 0 Å². The fourth-order valence-corrected chi connectivity index (χ4v) is 15.6. The first-order chi connectivity index (χ1) is 42.4. The molecule has 0 N–H and O–H groups in total. The van der Waals surface area contributed by atoms with Gasteiger partial charge in [0.1, 0.15) is 0 Å². The van der Waals surface area contributed by atoms with E-state index in [0.29, 0.717) is 0 Å². The van der Waals surface area contributed by atoms with E-state index in [0.717, 1.165) is 0 Å². The molecule has 4 aliphatic rings. The average molecular weight is 1140 g/mol. The minimum atomic E-state index is 0.0448. The Morgan fingerprint density at radius 2 is 0.523 bits per heavy atom. The molecule has 0 bridgehead atoms. The third kappa shape index (κ3) is 9.70. The maximum atomic E-state index is 2.35. The number of hydrogen-bond donors (Lipinski definition) is 0. The Kier molecular flexibility index (Phi) is 14.7. The Labute approximate surface area is 524 Å². The van der Waals surface area contributed by atoms with Crippen molar-refractivity contribution in [2.75, 3.05) is 0 Å². The van der Waals surface area contributed by atoms with Crippen molar-refractivity contribution in [3.8, 4) is 89.0 Å². The molecule has 4 aliphatic carbocycles. The lowest BCUT2D eigenvalue weighted by Gasteiger charge is -2.25. The van der Waals surface area contributed by atoms with E-state index in [9.17, 15) is 0 Å². The van der Waals surface area contributed by atoms with Crippen LogP contribution < -0.4 is 0 Å². The maximum Gasteiger partial charge on any atom is 0.0165 e. The molecule has 0 fully saturated rings. The number of hydrogen-bond acceptors (Lipinski definition) is 0. The lowest BCUT2D eigenvalue weighted by molar-refractivity contribution is 0.661. The molecule has 0 saturated heterocycles. The summed E-state index contributed by atoms with van der Waals surface area (Å²) in [6, 6.07) is 97.2. The highest BCUT2D eigenvalue weighted by atomic mass is 14.4. The molecule has 12 aromatic rings. The summed E-state index contributed by atoms with van der Waals surface area (Å²) in [7, 11) is 0. The quantitative estimate of drug-likeness (QED) is 0.165. The first-order valence-corrected chi connectivity index (χ1v) is 31.6. The molecule has 88 heavy (non-hydrogen) atoms. The Balaban J connectivity index is 0.000000108. The Morgan fingerprint density at radius 3 is 1.01 bits per heavy atom. The van der Waals surface area contributed by atoms with Crippen LogP contribution in [0.4, 0.5) is 0 Å². The monoisotopic (exact) mass is 1140 g/mol. The molecular formula is C88H80. The second-order valence-electron chi connectivity index (χ2n) is 27.0. The van der Waals surface area contributed by atoms with Gasteiger partial charge in [-0.25, -0.2) is 0 Å². The van der Waals surface area contributed by atoms with Crippen molar-refractivity contribution in [3.63, 3.8) is 0 Å². The Morgan fingerprint density at radius 1 is 0.193 bits per heavy atom. The minimum Gasteiger partial charge on any atom is -0.0622 e. The molecule has 0 heterocycles. The van der Waals surface area contributed by atoms with E-state index >= 15 is 0 Å². The molecule has 0 spiro atoms. The molecule has 0 atom stereocenters. The zero-order valence-corrected chi connectivity index (χ0v) is 53.4. The topological polar surface area (TPSA) is 0 Å². The summed E-state index contributed by atoms with van der Waals surface area (Å²) in [6.07, 6.45) is 0. The van der Waals surface area contributed by atoms with Crippen LogP contribution in [0.15, 0.2) is 267 Å². The summed E-state index contributed by atoms with van der Waals surface area (Å²) in [4.78, 5) is 0. The predicted octanol–water partition coefficient (Wildman–Crippen LogP) is 23.9. The summed E-state index contributed by atoms with van der Waals surface area (Å²) in [5, 5.41) is 0. The molecule has 0 radical (unpaired) electrons. The fraction of sp³-hybridized carbons (Fsp3) is 0.182. The molecule has 0 saturated carbocycles. The fourth-order valence-electron chi connectivity index (χ4n) is 15.6. The van der Waals surface area contributed by atoms with Gasteiger partial charge in [-0.1, -0.05) is 333 Å². The molecule has 0 aromatic heterocycles. The third-order valence-electron chi connectivity index (χ3n) is 19.9. The molecule has 0 aliphatic heterocycles. The second kappa shape index (κ2) is 22.4. The van der Waals surface area contributed by atoms with Crippen molar-refractivity contribution >= 4 is 0 Å². The third-order valence-corrected chi connectivity index (χ3v) is 19.9. The average Bonchev–Trinajstić information content (AvgIpc) is 1.68. The molecule has 0 unspecified atom stereocenters. The molecule has 12 aromatic carbocycles. The molecule has 432 valence electrons. The van der Waals surface area contributed by atoms with Gasteiger partial charge >= 0.3 is 0 Å². The first kappa shape index (κ1) is 57.7. The van der Waals surface area contributed by atoms with Gasteiger partial charge in [-0.15, -0.1) is 0 Å². The van der Waals surface area contributed by atoms with Crippen LogP contribution in [0.3, 0.4) is 0 Å². The zero-order chi connectivity index (χ0) is 61.3. The van der Waals surface area contributed by atoms with Gasteiger partial charge in [-0.2, -0.15) is 0 Å². The standard InChI is InChI=1S/4C22H20/c1-15-8-6-9-16(14-15)17-11-7-12-19-18-10-4-5-13-20(18)22(2,3)21(17)19;1-15-9-4-5-10-16(15)18-12-8-13-19-17-11-6-7-14-20(17)22(2,3)21(18)19;1-15-11-13-16(14-12-15)17-8-6-9-19-18-7-4-5-10-20(18)22(2,3)21(17)19;1-15-13-14-17(16-9-5-4-6-10-16)21-20(15)18-11-7-8-12-19(18)22(21,2)3/h4*4-14H,1-3H3. The highest BCUT2D eigenvalue weighted by Crippen LogP contribution is 2.56. The lowest BCUT2D eigenvalue weighted by Crippen LogP contribution is -2.16. The van der Waals surface area contributed by atoms with Crippen LogP contribution in [0.25, 0.3) is 89.0 Å². The van der Waals surface area contributed by atoms with Crippen LogP contribution in [-0.2, 0) is 21.7 Å². The largest absolute Gasteiger partial charge is 0.0622 e. The van der Waals surface area contributed by atoms with Gasteiger partial charge in [0.05, 0.1) is 0 Å². The number of fused-ring (bicyclic) bond motifs is 12. The van der Waals surface area contributed by atoms with Crippen molar-refractivity contribution in [1.82, 2.24) is 0 Å². The summed E-state index contributed by atoms with van der Waals surface area (Å²) < 4.78 is 0. The normalized spacial score (nSPS) is 14.5. The summed E-state index contributed by atoms with van der Waals surface area (Å²) in [5.41, 5.74) is 39.0. The van der Waals surface area contributed by atoms with E-state index in [1.54, 1.807) is 0 Å². The van der Waals surface area contributed by atoms with Crippen LogP contribution in [-0.4, -0.2) is 0 Å². The van der Waals surface area contributed by atoms with Gasteiger partial charge in [-0.05, 0) is 172 Å². The Bertz CT molecular complexity index is 4630. The van der Waals surface area contributed by atoms with E-state index in [-0.39, 0.29) is 21.7 Å². The zero-order valence-electron chi connectivity index (χ0n) is 53.4. The van der Waals surface area contributed by atoms with Crippen LogP contribution in [0.5, 0.6) is 0 Å². The van der Waals surface area contributed by atoms with Gasteiger partial charge < -0.3 is 0 Å². The summed E-state index contributed by atoms with van der Waals surface area (Å²) in [5.74, 6) is 0. The van der Waals surface area contributed by atoms with Gasteiger partial charge in [0, 0.05) is 21.7 Å². The maximum absolute atomic E-state index is 2.35. The summed E-state index contributed by atoms with van der Waals surface area (Å²) >= 11 is 0. The van der Waals surface area contributed by atoms with E-state index in [2.05, 4.69) is 350 Å². The number of benzene rings is 12. The second-order valence-corrected chi connectivity index (χ2v) is 27.0. The molecule has 0 heteroatoms. The predicted molar refractivity (Wildman–Crippen MR) is 377 cm³/mol. The van der Waals surface area contributed by atoms with E-state index in [1.165, 1.54) is 156 Å². The SMILES string of the molecule is Cc1ccc(-c2cccc3c2C(C)(C)c2ccccc2-3)cc1.Cc1ccc(-c2ccccc2)c2c1-c1ccccc1C2(C)C.Cc1cccc(-c2cccc3c2C(C)(C)c2ccccc2-3)c1.Cc1ccccc1-c1cccc2c1C(C)(C)c1ccccc1-2. The lowest BCUT2D eigenvalue weighted by atomic mass is 9.78. The van der Waals surface area contributed by atoms with Crippen LogP contribution >= 0.6 is 0 Å².